The first-order chi connectivity index (χ1) is 13.4. The van der Waals surface area contributed by atoms with Crippen molar-refractivity contribution in [2.75, 3.05) is 32.6 Å². The number of hydrogen-bond acceptors (Lipinski definition) is 6. The van der Waals surface area contributed by atoms with Gasteiger partial charge in [0, 0.05) is 11.0 Å². The van der Waals surface area contributed by atoms with Crippen molar-refractivity contribution < 1.29 is 22.3 Å². The van der Waals surface area contributed by atoms with Crippen molar-refractivity contribution >= 4 is 43.9 Å². The Bertz CT molecular complexity index is 961. The van der Waals surface area contributed by atoms with Crippen LogP contribution < -0.4 is 20.1 Å². The fourth-order valence-electron chi connectivity index (χ4n) is 3.14. The van der Waals surface area contributed by atoms with E-state index in [1.807, 2.05) is 0 Å². The minimum absolute atomic E-state index is 0. The van der Waals surface area contributed by atoms with Gasteiger partial charge in [-0.15, -0.1) is 12.4 Å². The van der Waals surface area contributed by atoms with Gasteiger partial charge in [-0.25, -0.2) is 12.8 Å². The maximum absolute atomic E-state index is 14.2. The van der Waals surface area contributed by atoms with Gasteiger partial charge in [0.05, 0.1) is 30.8 Å². The SMILES string of the molecule is COc1ccc(S(=O)(=O)c2cc(Br)ccc2OC)cc1NC1CCNCC1F.Cl. The molecular formula is C19H23BrClFN2O4S. The van der Waals surface area contributed by atoms with Crippen LogP contribution >= 0.6 is 28.3 Å². The van der Waals surface area contributed by atoms with Gasteiger partial charge in [-0.05, 0) is 49.4 Å². The number of rotatable bonds is 6. The molecule has 10 heteroatoms. The van der Waals surface area contributed by atoms with Crippen LogP contribution in [0.3, 0.4) is 0 Å². The Hall–Kier alpha value is -1.55. The summed E-state index contributed by atoms with van der Waals surface area (Å²) in [5, 5.41) is 6.10. The van der Waals surface area contributed by atoms with Gasteiger partial charge in [0.2, 0.25) is 9.84 Å². The molecule has 1 heterocycles. The molecule has 2 aromatic rings. The second-order valence-electron chi connectivity index (χ2n) is 6.42. The highest BCUT2D eigenvalue weighted by Crippen LogP contribution is 2.35. The number of anilines is 1. The molecule has 0 aromatic heterocycles. The van der Waals surface area contributed by atoms with Crippen molar-refractivity contribution in [1.82, 2.24) is 5.32 Å². The van der Waals surface area contributed by atoms with Gasteiger partial charge in [0.15, 0.2) is 0 Å². The van der Waals surface area contributed by atoms with Crippen LogP contribution in [0.1, 0.15) is 6.42 Å². The van der Waals surface area contributed by atoms with E-state index in [1.54, 1.807) is 18.2 Å². The first-order valence-corrected chi connectivity index (χ1v) is 11.0. The lowest BCUT2D eigenvalue weighted by Crippen LogP contribution is -2.45. The summed E-state index contributed by atoms with van der Waals surface area (Å²) in [6, 6.07) is 8.87. The van der Waals surface area contributed by atoms with E-state index < -0.39 is 22.1 Å². The fourth-order valence-corrected chi connectivity index (χ4v) is 5.12. The van der Waals surface area contributed by atoms with Gasteiger partial charge in [-0.2, -0.15) is 0 Å². The number of piperidine rings is 1. The average Bonchev–Trinajstić information content (AvgIpc) is 2.69. The zero-order chi connectivity index (χ0) is 20.3. The predicted molar refractivity (Wildman–Crippen MR) is 116 cm³/mol. The molecule has 0 saturated carbocycles. The summed E-state index contributed by atoms with van der Waals surface area (Å²) in [7, 11) is -0.957. The molecule has 6 nitrogen and oxygen atoms in total. The zero-order valence-electron chi connectivity index (χ0n) is 15.9. The molecule has 29 heavy (non-hydrogen) atoms. The highest BCUT2D eigenvalue weighted by atomic mass is 79.9. The number of hydrogen-bond donors (Lipinski definition) is 2. The van der Waals surface area contributed by atoms with Crippen LogP contribution in [-0.4, -0.2) is 47.9 Å². The van der Waals surface area contributed by atoms with Crippen LogP contribution in [0, 0.1) is 0 Å². The monoisotopic (exact) mass is 508 g/mol. The maximum atomic E-state index is 14.2. The molecule has 1 fully saturated rings. The van der Waals surface area contributed by atoms with Crippen molar-refractivity contribution in [3.63, 3.8) is 0 Å². The quantitative estimate of drug-likeness (QED) is 0.616. The minimum Gasteiger partial charge on any atom is -0.495 e. The molecule has 2 N–H and O–H groups in total. The van der Waals surface area contributed by atoms with Crippen LogP contribution in [0.4, 0.5) is 10.1 Å². The molecule has 0 bridgehead atoms. The topological polar surface area (TPSA) is 76.7 Å². The van der Waals surface area contributed by atoms with Gasteiger partial charge in [0.25, 0.3) is 0 Å². The van der Waals surface area contributed by atoms with Crippen LogP contribution in [0.15, 0.2) is 50.7 Å². The number of halogens is 3. The number of benzene rings is 2. The molecule has 1 aliphatic heterocycles. The highest BCUT2D eigenvalue weighted by Gasteiger charge is 2.27. The van der Waals surface area contributed by atoms with Gasteiger partial charge in [0.1, 0.15) is 22.6 Å². The van der Waals surface area contributed by atoms with E-state index in [0.29, 0.717) is 28.9 Å². The summed E-state index contributed by atoms with van der Waals surface area (Å²) in [5.41, 5.74) is 0.437. The fraction of sp³-hybridized carbons (Fsp3) is 0.368. The smallest absolute Gasteiger partial charge is 0.210 e. The van der Waals surface area contributed by atoms with Crippen molar-refractivity contribution in [3.05, 3.63) is 40.9 Å². The Balaban J connectivity index is 0.00000300. The van der Waals surface area contributed by atoms with E-state index in [4.69, 9.17) is 9.47 Å². The van der Waals surface area contributed by atoms with Gasteiger partial charge < -0.3 is 20.1 Å². The van der Waals surface area contributed by atoms with Crippen LogP contribution in [0.5, 0.6) is 11.5 Å². The Morgan fingerprint density at radius 3 is 2.48 bits per heavy atom. The van der Waals surface area contributed by atoms with Gasteiger partial charge >= 0.3 is 0 Å². The molecule has 0 spiro atoms. The number of methoxy groups -OCH3 is 2. The average molecular weight is 510 g/mol. The molecule has 1 saturated heterocycles. The molecule has 0 amide bonds. The zero-order valence-corrected chi connectivity index (χ0v) is 19.2. The lowest BCUT2D eigenvalue weighted by molar-refractivity contribution is 0.244. The van der Waals surface area contributed by atoms with E-state index in [0.717, 1.165) is 0 Å². The number of ether oxygens (including phenoxy) is 2. The molecule has 160 valence electrons. The van der Waals surface area contributed by atoms with Crippen LogP contribution in [-0.2, 0) is 9.84 Å². The number of alkyl halides is 1. The number of nitrogens with one attached hydrogen (secondary N) is 2. The first kappa shape index (κ1) is 23.7. The molecule has 2 aromatic carbocycles. The van der Waals surface area contributed by atoms with E-state index >= 15 is 0 Å². The first-order valence-electron chi connectivity index (χ1n) is 8.75. The molecule has 3 rings (SSSR count). The molecule has 1 aliphatic rings. The summed E-state index contributed by atoms with van der Waals surface area (Å²) in [6.45, 7) is 0.945. The Morgan fingerprint density at radius 2 is 1.83 bits per heavy atom. The van der Waals surface area contributed by atoms with Crippen LogP contribution in [0.25, 0.3) is 0 Å². The highest BCUT2D eigenvalue weighted by molar-refractivity contribution is 9.10. The lowest BCUT2D eigenvalue weighted by atomic mass is 10.0. The second-order valence-corrected chi connectivity index (χ2v) is 9.25. The molecule has 0 radical (unpaired) electrons. The minimum atomic E-state index is -3.86. The van der Waals surface area contributed by atoms with Crippen molar-refractivity contribution in [2.45, 2.75) is 28.4 Å². The summed E-state index contributed by atoms with van der Waals surface area (Å²) in [4.78, 5) is 0.113. The third-order valence-corrected chi connectivity index (χ3v) is 6.91. The lowest BCUT2D eigenvalue weighted by Gasteiger charge is -2.29. The van der Waals surface area contributed by atoms with E-state index in [1.165, 1.54) is 32.4 Å². The summed E-state index contributed by atoms with van der Waals surface area (Å²) in [6.07, 6.45) is -0.496. The Morgan fingerprint density at radius 1 is 1.14 bits per heavy atom. The second kappa shape index (κ2) is 9.97. The standard InChI is InChI=1S/C19H22BrFN2O4S.ClH/c1-26-17-6-4-13(10-16(17)23-15-7-8-22-11-14(15)21)28(24,25)19-9-12(20)3-5-18(19)27-2;/h3-6,9-10,14-15,22-23H,7-8,11H2,1-2H3;1H. The largest absolute Gasteiger partial charge is 0.495 e. The predicted octanol–water partition coefficient (Wildman–Crippen LogP) is 3.83. The Kier molecular flexibility index (Phi) is 8.16. The Labute approximate surface area is 184 Å². The van der Waals surface area contributed by atoms with E-state index in [-0.39, 0.29) is 34.5 Å². The van der Waals surface area contributed by atoms with Crippen LogP contribution in [0.2, 0.25) is 0 Å². The van der Waals surface area contributed by atoms with E-state index in [2.05, 4.69) is 26.6 Å². The number of sulfone groups is 1. The van der Waals surface area contributed by atoms with E-state index in [9.17, 15) is 12.8 Å². The molecular weight excluding hydrogens is 487 g/mol. The maximum Gasteiger partial charge on any atom is 0.210 e. The third kappa shape index (κ3) is 5.14. The van der Waals surface area contributed by atoms with Crippen molar-refractivity contribution in [1.29, 1.82) is 0 Å². The normalized spacial score (nSPS) is 19.2. The molecule has 2 unspecified atom stereocenters. The van der Waals surface area contributed by atoms with Crippen molar-refractivity contribution in [2.24, 2.45) is 0 Å². The molecule has 0 aliphatic carbocycles. The molecule has 2 atom stereocenters. The summed E-state index contributed by atoms with van der Waals surface area (Å²) in [5.74, 6) is 0.696. The summed E-state index contributed by atoms with van der Waals surface area (Å²) >= 11 is 3.30. The summed E-state index contributed by atoms with van der Waals surface area (Å²) < 4.78 is 51.8. The van der Waals surface area contributed by atoms with Crippen molar-refractivity contribution in [3.8, 4) is 11.5 Å². The van der Waals surface area contributed by atoms with Gasteiger partial charge in [-0.3, -0.25) is 0 Å². The third-order valence-electron chi connectivity index (χ3n) is 4.65. The van der Waals surface area contributed by atoms with Gasteiger partial charge in [-0.1, -0.05) is 15.9 Å².